The Morgan fingerprint density at radius 2 is 1.96 bits per heavy atom. The molecule has 2 aromatic rings. The van der Waals surface area contributed by atoms with Crippen LogP contribution in [0.3, 0.4) is 0 Å². The molecule has 1 unspecified atom stereocenters. The molecule has 2 rings (SSSR count). The molecule has 2 N–H and O–H groups in total. The normalized spacial score (nSPS) is 15.0. The number of hydrogen-bond donors (Lipinski definition) is 2. The van der Waals surface area contributed by atoms with Gasteiger partial charge in [-0.05, 0) is 56.9 Å². The van der Waals surface area contributed by atoms with E-state index >= 15 is 0 Å². The zero-order chi connectivity index (χ0) is 17.7. The average molecular weight is 330 g/mol. The highest BCUT2D eigenvalue weighted by molar-refractivity contribution is 5.78. The van der Waals surface area contributed by atoms with Gasteiger partial charge in [0.05, 0.1) is 17.2 Å². The molecule has 4 heteroatoms. The zero-order valence-electron chi connectivity index (χ0n) is 15.4. The molecule has 4 nitrogen and oxygen atoms in total. The Morgan fingerprint density at radius 3 is 2.62 bits per heavy atom. The summed E-state index contributed by atoms with van der Waals surface area (Å²) in [6.07, 6.45) is 1.83. The number of ether oxygens (including phenoxy) is 1. The Balaban J connectivity index is 2.05. The SMILES string of the molecule is CC(C)C[C@H](NCc1ccc2ncccc2c1)C(O)OC(C)(C)C. The van der Waals surface area contributed by atoms with E-state index in [1.54, 1.807) is 6.20 Å². The zero-order valence-corrected chi connectivity index (χ0v) is 15.4. The number of aromatic nitrogens is 1. The van der Waals surface area contributed by atoms with Crippen molar-refractivity contribution in [1.82, 2.24) is 10.3 Å². The Hall–Kier alpha value is -1.49. The molecule has 0 aliphatic rings. The van der Waals surface area contributed by atoms with Crippen LogP contribution in [0.4, 0.5) is 0 Å². The molecule has 0 aliphatic carbocycles. The summed E-state index contributed by atoms with van der Waals surface area (Å²) < 4.78 is 5.74. The van der Waals surface area contributed by atoms with Crippen molar-refractivity contribution in [3.63, 3.8) is 0 Å². The lowest BCUT2D eigenvalue weighted by molar-refractivity contribution is -0.182. The molecule has 1 aromatic heterocycles. The molecule has 0 amide bonds. The summed E-state index contributed by atoms with van der Waals surface area (Å²) in [5.41, 5.74) is 1.80. The van der Waals surface area contributed by atoms with Gasteiger partial charge >= 0.3 is 0 Å². The van der Waals surface area contributed by atoms with Gasteiger partial charge < -0.3 is 15.2 Å². The first kappa shape index (κ1) is 18.8. The molecule has 0 fully saturated rings. The third kappa shape index (κ3) is 5.86. The number of nitrogens with one attached hydrogen (secondary N) is 1. The van der Waals surface area contributed by atoms with Crippen molar-refractivity contribution < 1.29 is 9.84 Å². The fraction of sp³-hybridized carbons (Fsp3) is 0.550. The molecule has 132 valence electrons. The summed E-state index contributed by atoms with van der Waals surface area (Å²) in [6.45, 7) is 10.9. The second kappa shape index (κ2) is 8.06. The van der Waals surface area contributed by atoms with Gasteiger partial charge in [0.25, 0.3) is 0 Å². The van der Waals surface area contributed by atoms with Gasteiger partial charge in [0.2, 0.25) is 0 Å². The van der Waals surface area contributed by atoms with Crippen LogP contribution in [0, 0.1) is 5.92 Å². The van der Waals surface area contributed by atoms with Crippen LogP contribution in [0.2, 0.25) is 0 Å². The predicted molar refractivity (Wildman–Crippen MR) is 98.7 cm³/mol. The fourth-order valence-corrected chi connectivity index (χ4v) is 2.74. The maximum Gasteiger partial charge on any atom is 0.170 e. The molecular weight excluding hydrogens is 300 g/mol. The van der Waals surface area contributed by atoms with E-state index in [-0.39, 0.29) is 11.6 Å². The summed E-state index contributed by atoms with van der Waals surface area (Å²) in [4.78, 5) is 4.35. The van der Waals surface area contributed by atoms with Crippen LogP contribution in [0.25, 0.3) is 10.9 Å². The van der Waals surface area contributed by atoms with E-state index in [0.29, 0.717) is 12.5 Å². The summed E-state index contributed by atoms with van der Waals surface area (Å²) in [7, 11) is 0. The molecule has 0 saturated carbocycles. The van der Waals surface area contributed by atoms with Gasteiger partial charge in [-0.2, -0.15) is 0 Å². The maximum atomic E-state index is 10.4. The van der Waals surface area contributed by atoms with Crippen molar-refractivity contribution >= 4 is 10.9 Å². The Bertz CT molecular complexity index is 649. The highest BCUT2D eigenvalue weighted by Gasteiger charge is 2.25. The highest BCUT2D eigenvalue weighted by Crippen LogP contribution is 2.18. The van der Waals surface area contributed by atoms with E-state index < -0.39 is 6.29 Å². The van der Waals surface area contributed by atoms with Gasteiger partial charge in [-0.25, -0.2) is 0 Å². The largest absolute Gasteiger partial charge is 0.367 e. The molecule has 24 heavy (non-hydrogen) atoms. The summed E-state index contributed by atoms with van der Waals surface area (Å²) in [5.74, 6) is 0.474. The molecular formula is C20H30N2O2. The number of aliphatic hydroxyl groups is 1. The minimum absolute atomic E-state index is 0.103. The molecule has 0 spiro atoms. The van der Waals surface area contributed by atoms with Crippen LogP contribution < -0.4 is 5.32 Å². The number of hydrogen-bond acceptors (Lipinski definition) is 4. The lowest BCUT2D eigenvalue weighted by Crippen LogP contribution is -2.45. The molecule has 0 saturated heterocycles. The topological polar surface area (TPSA) is 54.4 Å². The van der Waals surface area contributed by atoms with Crippen LogP contribution in [0.5, 0.6) is 0 Å². The van der Waals surface area contributed by atoms with E-state index in [2.05, 4.69) is 42.3 Å². The lowest BCUT2D eigenvalue weighted by Gasteiger charge is -2.31. The Labute approximate surface area is 145 Å². The minimum atomic E-state index is -0.825. The molecule has 0 radical (unpaired) electrons. The molecule has 0 aliphatic heterocycles. The van der Waals surface area contributed by atoms with Crippen molar-refractivity contribution in [2.24, 2.45) is 5.92 Å². The van der Waals surface area contributed by atoms with Gasteiger partial charge in [-0.1, -0.05) is 26.0 Å². The smallest absolute Gasteiger partial charge is 0.170 e. The van der Waals surface area contributed by atoms with Crippen molar-refractivity contribution in [2.45, 2.75) is 65.5 Å². The fourth-order valence-electron chi connectivity index (χ4n) is 2.74. The van der Waals surface area contributed by atoms with Crippen molar-refractivity contribution in [1.29, 1.82) is 0 Å². The third-order valence-electron chi connectivity index (χ3n) is 3.78. The standard InChI is InChI=1S/C20H30N2O2/c1-14(2)11-18(19(23)24-20(3,4)5)22-13-15-8-9-17-16(12-15)7-6-10-21-17/h6-10,12,14,18-19,22-23H,11,13H2,1-5H3/t18-,19?/m0/s1. The second-order valence-electron chi connectivity index (χ2n) is 7.77. The van der Waals surface area contributed by atoms with Crippen LogP contribution >= 0.6 is 0 Å². The molecule has 0 bridgehead atoms. The number of nitrogens with zero attached hydrogens (tertiary/aromatic N) is 1. The first-order valence-corrected chi connectivity index (χ1v) is 8.67. The first-order valence-electron chi connectivity index (χ1n) is 8.67. The second-order valence-corrected chi connectivity index (χ2v) is 7.77. The molecule has 1 aromatic carbocycles. The summed E-state index contributed by atoms with van der Waals surface area (Å²) in [5, 5.41) is 15.0. The number of fused-ring (bicyclic) bond motifs is 1. The van der Waals surface area contributed by atoms with Crippen molar-refractivity contribution in [3.05, 3.63) is 42.1 Å². The van der Waals surface area contributed by atoms with Gasteiger partial charge in [0, 0.05) is 18.1 Å². The quantitative estimate of drug-likeness (QED) is 0.757. The van der Waals surface area contributed by atoms with Gasteiger partial charge in [-0.3, -0.25) is 4.98 Å². The molecule has 1 heterocycles. The average Bonchev–Trinajstić information content (AvgIpc) is 2.49. The highest BCUT2D eigenvalue weighted by atomic mass is 16.6. The predicted octanol–water partition coefficient (Wildman–Crippen LogP) is 3.87. The number of rotatable bonds is 7. The van der Waals surface area contributed by atoms with Gasteiger partial charge in [0.15, 0.2) is 6.29 Å². The van der Waals surface area contributed by atoms with E-state index in [0.717, 1.165) is 17.3 Å². The monoisotopic (exact) mass is 330 g/mol. The minimum Gasteiger partial charge on any atom is -0.367 e. The lowest BCUT2D eigenvalue weighted by atomic mass is 10.0. The van der Waals surface area contributed by atoms with Gasteiger partial charge in [-0.15, -0.1) is 0 Å². The number of benzene rings is 1. The number of pyridine rings is 1. The molecule has 2 atom stereocenters. The Morgan fingerprint density at radius 1 is 1.21 bits per heavy atom. The van der Waals surface area contributed by atoms with Crippen LogP contribution in [-0.2, 0) is 11.3 Å². The summed E-state index contributed by atoms with van der Waals surface area (Å²) in [6, 6.07) is 10.2. The summed E-state index contributed by atoms with van der Waals surface area (Å²) >= 11 is 0. The van der Waals surface area contributed by atoms with Gasteiger partial charge in [0.1, 0.15) is 0 Å². The van der Waals surface area contributed by atoms with E-state index in [1.807, 2.05) is 32.9 Å². The van der Waals surface area contributed by atoms with E-state index in [4.69, 9.17) is 4.74 Å². The van der Waals surface area contributed by atoms with Crippen LogP contribution in [0.1, 0.15) is 46.6 Å². The first-order chi connectivity index (χ1) is 11.2. The van der Waals surface area contributed by atoms with E-state index in [1.165, 1.54) is 5.56 Å². The third-order valence-corrected chi connectivity index (χ3v) is 3.78. The maximum absolute atomic E-state index is 10.4. The van der Waals surface area contributed by atoms with Crippen molar-refractivity contribution in [2.75, 3.05) is 0 Å². The van der Waals surface area contributed by atoms with E-state index in [9.17, 15) is 5.11 Å². The van der Waals surface area contributed by atoms with Crippen molar-refractivity contribution in [3.8, 4) is 0 Å². The Kier molecular flexibility index (Phi) is 6.33. The van der Waals surface area contributed by atoms with Crippen LogP contribution in [0.15, 0.2) is 36.5 Å². The van der Waals surface area contributed by atoms with Crippen LogP contribution in [-0.4, -0.2) is 28.0 Å². The number of aliphatic hydroxyl groups excluding tert-OH is 1.